The highest BCUT2D eigenvalue weighted by Gasteiger charge is 2.52. The van der Waals surface area contributed by atoms with Crippen molar-refractivity contribution in [2.75, 3.05) is 11.9 Å². The molecule has 0 unspecified atom stereocenters. The number of fused-ring (bicyclic) bond motifs is 2. The van der Waals surface area contributed by atoms with Gasteiger partial charge in [0.2, 0.25) is 0 Å². The van der Waals surface area contributed by atoms with Crippen molar-refractivity contribution in [3.05, 3.63) is 48.5 Å². The molecule has 0 spiro atoms. The third-order valence-corrected chi connectivity index (χ3v) is 5.53. The number of aliphatic hydroxyl groups excluding tert-OH is 1. The molecule has 0 bridgehead atoms. The van der Waals surface area contributed by atoms with Crippen LogP contribution in [0.2, 0.25) is 0 Å². The van der Waals surface area contributed by atoms with Crippen LogP contribution in [0.3, 0.4) is 0 Å². The van der Waals surface area contributed by atoms with E-state index in [1.54, 1.807) is 38.1 Å². The summed E-state index contributed by atoms with van der Waals surface area (Å²) in [6, 6.07) is 8.66. The van der Waals surface area contributed by atoms with E-state index in [9.17, 15) is 9.90 Å². The zero-order valence-corrected chi connectivity index (χ0v) is 17.4. The number of hydrogen-bond donors (Lipinski definition) is 2. The summed E-state index contributed by atoms with van der Waals surface area (Å²) in [7, 11) is 0. The minimum absolute atomic E-state index is 0.112. The lowest BCUT2D eigenvalue weighted by atomic mass is 9.98. The van der Waals surface area contributed by atoms with Gasteiger partial charge >= 0.3 is 0 Å². The lowest BCUT2D eigenvalue weighted by Crippen LogP contribution is -2.61. The Labute approximate surface area is 182 Å². The second-order valence-corrected chi connectivity index (χ2v) is 8.16. The van der Waals surface area contributed by atoms with Gasteiger partial charge in [-0.3, -0.25) is 9.36 Å². The van der Waals surface area contributed by atoms with E-state index < -0.39 is 36.5 Å². The quantitative estimate of drug-likeness (QED) is 0.629. The fraction of sp³-hybridized carbons (Fsp3) is 0.429. The number of carbonyl (C=O) groups is 1. The van der Waals surface area contributed by atoms with Gasteiger partial charge in [0.15, 0.2) is 35.2 Å². The van der Waals surface area contributed by atoms with Gasteiger partial charge in [-0.05, 0) is 26.0 Å². The number of carbonyl (C=O) groups excluding carboxylic acids is 1. The first-order chi connectivity index (χ1) is 15.3. The van der Waals surface area contributed by atoms with Gasteiger partial charge < -0.3 is 24.6 Å². The molecule has 2 aliphatic rings. The number of ether oxygens (including phenoxy) is 3. The molecule has 5 atom stereocenters. The van der Waals surface area contributed by atoms with E-state index in [4.69, 9.17) is 14.2 Å². The smallest absolute Gasteiger partial charge is 0.256 e. The average Bonchev–Trinajstić information content (AvgIpc) is 3.22. The number of aromatic nitrogens is 4. The number of rotatable bonds is 3. The number of hydrogen-bond acceptors (Lipinski definition) is 8. The van der Waals surface area contributed by atoms with Crippen molar-refractivity contribution in [3.8, 4) is 0 Å². The summed E-state index contributed by atoms with van der Waals surface area (Å²) < 4.78 is 33.7. The Morgan fingerprint density at radius 3 is 2.81 bits per heavy atom. The molecule has 4 heterocycles. The van der Waals surface area contributed by atoms with Crippen LogP contribution >= 0.6 is 0 Å². The number of anilines is 1. The third-order valence-electron chi connectivity index (χ3n) is 5.53. The topological polar surface area (TPSA) is 121 Å². The van der Waals surface area contributed by atoms with Crippen LogP contribution in [-0.2, 0) is 14.2 Å². The largest absolute Gasteiger partial charge is 0.385 e. The number of nitrogens with zero attached hydrogens (tertiary/aromatic N) is 4. The van der Waals surface area contributed by atoms with Gasteiger partial charge in [0, 0.05) is 5.56 Å². The molecule has 2 aliphatic heterocycles. The summed E-state index contributed by atoms with van der Waals surface area (Å²) in [4.78, 5) is 25.1. The second kappa shape index (κ2) is 7.85. The number of alkyl halides is 1. The molecule has 0 saturated carbocycles. The third kappa shape index (κ3) is 3.62. The van der Waals surface area contributed by atoms with E-state index in [-0.39, 0.29) is 29.5 Å². The predicted octanol–water partition coefficient (Wildman–Crippen LogP) is 1.83. The van der Waals surface area contributed by atoms with Crippen molar-refractivity contribution in [2.45, 2.75) is 50.3 Å². The minimum Gasteiger partial charge on any atom is -0.385 e. The van der Waals surface area contributed by atoms with E-state index >= 15 is 4.39 Å². The Bertz CT molecular complexity index is 1140. The molecule has 5 rings (SSSR count). The van der Waals surface area contributed by atoms with Gasteiger partial charge in [-0.25, -0.2) is 19.3 Å². The van der Waals surface area contributed by atoms with Crippen LogP contribution < -0.4 is 5.32 Å². The van der Waals surface area contributed by atoms with Crippen LogP contribution in [0, 0.1) is 0 Å². The number of halogens is 1. The Hall–Kier alpha value is -2.99. The summed E-state index contributed by atoms with van der Waals surface area (Å²) in [5.74, 6) is -1.14. The first-order valence-electron chi connectivity index (χ1n) is 10.2. The van der Waals surface area contributed by atoms with Crippen LogP contribution in [0.1, 0.15) is 30.4 Å². The predicted molar refractivity (Wildman–Crippen MR) is 109 cm³/mol. The van der Waals surface area contributed by atoms with Crippen molar-refractivity contribution in [1.29, 1.82) is 0 Å². The summed E-state index contributed by atoms with van der Waals surface area (Å²) >= 11 is 0. The number of aliphatic hydroxyl groups is 1. The number of nitrogens with one attached hydrogen (secondary N) is 1. The molecule has 32 heavy (non-hydrogen) atoms. The Kier molecular flexibility index (Phi) is 5.13. The standard InChI is InChI=1S/C21H22FN5O5/c1-21(2)30-8-12-16(32-21)13(22)15(28)20(31-12)27-10-25-14-17(23-9-24-18(14)27)26-19(29)11-6-4-3-5-7-11/h3-7,9-10,12-13,15-16,20,28H,8H2,1-2H3,(H,23,24,26,29)/t12-,13-,15-,16-,20-/m1/s1. The van der Waals surface area contributed by atoms with Crippen molar-refractivity contribution < 1.29 is 28.5 Å². The molecule has 1 amide bonds. The fourth-order valence-corrected chi connectivity index (χ4v) is 3.94. The molecule has 2 aromatic heterocycles. The highest BCUT2D eigenvalue weighted by Crippen LogP contribution is 2.38. The summed E-state index contributed by atoms with van der Waals surface area (Å²) in [5.41, 5.74) is 1.01. The Morgan fingerprint density at radius 2 is 2.03 bits per heavy atom. The molecule has 1 aromatic carbocycles. The Morgan fingerprint density at radius 1 is 1.25 bits per heavy atom. The van der Waals surface area contributed by atoms with Gasteiger partial charge in [-0.2, -0.15) is 0 Å². The molecule has 10 nitrogen and oxygen atoms in total. The zero-order chi connectivity index (χ0) is 22.5. The molecule has 168 valence electrons. The van der Waals surface area contributed by atoms with Gasteiger partial charge in [-0.15, -0.1) is 0 Å². The molecule has 11 heteroatoms. The van der Waals surface area contributed by atoms with E-state index in [1.165, 1.54) is 17.2 Å². The lowest BCUT2D eigenvalue weighted by molar-refractivity contribution is -0.358. The van der Waals surface area contributed by atoms with Crippen molar-refractivity contribution in [1.82, 2.24) is 19.5 Å². The molecule has 3 aromatic rings. The minimum atomic E-state index is -1.71. The monoisotopic (exact) mass is 443 g/mol. The van der Waals surface area contributed by atoms with Crippen molar-refractivity contribution in [3.63, 3.8) is 0 Å². The first-order valence-corrected chi connectivity index (χ1v) is 10.2. The maximum atomic E-state index is 15.1. The summed E-state index contributed by atoms with van der Waals surface area (Å²) in [6.07, 6.45) is -3.41. The van der Waals surface area contributed by atoms with E-state index in [1.807, 2.05) is 6.07 Å². The van der Waals surface area contributed by atoms with Crippen LogP contribution in [0.5, 0.6) is 0 Å². The van der Waals surface area contributed by atoms with Crippen LogP contribution in [0.4, 0.5) is 10.2 Å². The van der Waals surface area contributed by atoms with E-state index in [2.05, 4.69) is 20.3 Å². The molecule has 0 aliphatic carbocycles. The van der Waals surface area contributed by atoms with Crippen LogP contribution in [0.15, 0.2) is 43.0 Å². The van der Waals surface area contributed by atoms with Gasteiger partial charge in [0.05, 0.1) is 12.9 Å². The fourth-order valence-electron chi connectivity index (χ4n) is 3.94. The van der Waals surface area contributed by atoms with Gasteiger partial charge in [-0.1, -0.05) is 18.2 Å². The number of amides is 1. The molecular weight excluding hydrogens is 421 g/mol. The Balaban J connectivity index is 1.43. The maximum absolute atomic E-state index is 15.1. The van der Waals surface area contributed by atoms with E-state index in [0.29, 0.717) is 5.56 Å². The van der Waals surface area contributed by atoms with E-state index in [0.717, 1.165) is 0 Å². The average molecular weight is 443 g/mol. The lowest BCUT2D eigenvalue weighted by Gasteiger charge is -2.48. The molecule has 2 saturated heterocycles. The highest BCUT2D eigenvalue weighted by atomic mass is 19.1. The normalized spacial score (nSPS) is 29.4. The molecular formula is C21H22FN5O5. The SMILES string of the molecule is CC1(C)OC[C@H]2O[C@@H](n3cnc4c(NC(=O)c5ccccc5)ncnc43)[C@H](O)[C@@H](F)[C@@H]2O1. The zero-order valence-electron chi connectivity index (χ0n) is 17.4. The summed E-state index contributed by atoms with van der Waals surface area (Å²) in [6.45, 7) is 3.47. The van der Waals surface area contributed by atoms with Gasteiger partial charge in [0.25, 0.3) is 5.91 Å². The van der Waals surface area contributed by atoms with Crippen LogP contribution in [0.25, 0.3) is 11.2 Å². The van der Waals surface area contributed by atoms with Gasteiger partial charge in [0.1, 0.15) is 24.6 Å². The first kappa shape index (κ1) is 20.9. The second-order valence-electron chi connectivity index (χ2n) is 8.16. The summed E-state index contributed by atoms with van der Waals surface area (Å²) in [5, 5.41) is 13.4. The van der Waals surface area contributed by atoms with Crippen molar-refractivity contribution >= 4 is 22.9 Å². The molecule has 0 radical (unpaired) electrons. The van der Waals surface area contributed by atoms with Crippen LogP contribution in [-0.4, -0.2) is 67.4 Å². The van der Waals surface area contributed by atoms with Crippen molar-refractivity contribution in [2.24, 2.45) is 0 Å². The maximum Gasteiger partial charge on any atom is 0.256 e. The number of benzene rings is 1. The molecule has 2 fully saturated rings. The number of imidazole rings is 1. The molecule has 2 N–H and O–H groups in total. The highest BCUT2D eigenvalue weighted by molar-refractivity contribution is 6.06.